The predicted molar refractivity (Wildman–Crippen MR) is 100 cm³/mol. The van der Waals surface area contributed by atoms with E-state index in [9.17, 15) is 4.79 Å². The first-order valence-corrected chi connectivity index (χ1v) is 8.22. The average molecular weight is 332 g/mol. The van der Waals surface area contributed by atoms with Gasteiger partial charge in [-0.3, -0.25) is 4.79 Å². The van der Waals surface area contributed by atoms with E-state index < -0.39 is 0 Å². The van der Waals surface area contributed by atoms with E-state index in [1.54, 1.807) is 13.0 Å². The molecule has 5 heteroatoms. The normalized spacial score (nSPS) is 10.3. The summed E-state index contributed by atoms with van der Waals surface area (Å²) in [5, 5.41) is 6.13. The molecule has 0 radical (unpaired) electrons. The third-order valence-corrected chi connectivity index (χ3v) is 3.76. The van der Waals surface area contributed by atoms with Gasteiger partial charge in [-0.1, -0.05) is 43.3 Å². The molecule has 25 heavy (non-hydrogen) atoms. The molecule has 3 aromatic rings. The lowest BCUT2D eigenvalue weighted by Gasteiger charge is -2.12. The molecule has 126 valence electrons. The fraction of sp³-hybridized carbons (Fsp3) is 0.150. The van der Waals surface area contributed by atoms with Crippen molar-refractivity contribution in [3.8, 4) is 0 Å². The molecule has 2 N–H and O–H groups in total. The molecule has 0 unspecified atom stereocenters. The minimum atomic E-state index is -0.261. The van der Waals surface area contributed by atoms with Gasteiger partial charge in [-0.15, -0.1) is 0 Å². The zero-order valence-corrected chi connectivity index (χ0v) is 14.3. The summed E-state index contributed by atoms with van der Waals surface area (Å²) in [5.41, 5.74) is 3.23. The van der Waals surface area contributed by atoms with Gasteiger partial charge in [0.05, 0.1) is 0 Å². The van der Waals surface area contributed by atoms with Crippen LogP contribution in [0, 0.1) is 6.92 Å². The second kappa shape index (κ2) is 7.57. The topological polar surface area (TPSA) is 66.9 Å². The van der Waals surface area contributed by atoms with Crippen molar-refractivity contribution in [2.24, 2.45) is 0 Å². The standard InChI is InChI=1S/C20H20N4O/c1-3-15-9-7-8-12-17(15)24-19-13-18(21-14(2)22-19)20(25)23-16-10-5-4-6-11-16/h4-13H,3H2,1-2H3,(H,23,25)(H,21,22,24). The van der Waals surface area contributed by atoms with Gasteiger partial charge < -0.3 is 10.6 Å². The van der Waals surface area contributed by atoms with E-state index in [1.807, 2.05) is 48.5 Å². The second-order valence-corrected chi connectivity index (χ2v) is 5.64. The quantitative estimate of drug-likeness (QED) is 0.729. The lowest BCUT2D eigenvalue weighted by Crippen LogP contribution is -2.15. The van der Waals surface area contributed by atoms with Gasteiger partial charge >= 0.3 is 0 Å². The van der Waals surface area contributed by atoms with Crippen molar-refractivity contribution in [3.63, 3.8) is 0 Å². The van der Waals surface area contributed by atoms with Crippen LogP contribution in [0.5, 0.6) is 0 Å². The second-order valence-electron chi connectivity index (χ2n) is 5.64. The van der Waals surface area contributed by atoms with Crippen LogP contribution in [0.15, 0.2) is 60.7 Å². The van der Waals surface area contributed by atoms with Crippen molar-refractivity contribution in [2.45, 2.75) is 20.3 Å². The summed E-state index contributed by atoms with van der Waals surface area (Å²) in [7, 11) is 0. The van der Waals surface area contributed by atoms with Crippen molar-refractivity contribution in [1.82, 2.24) is 9.97 Å². The van der Waals surface area contributed by atoms with Crippen LogP contribution in [-0.4, -0.2) is 15.9 Å². The first-order chi connectivity index (χ1) is 12.2. The molecule has 0 aliphatic carbocycles. The summed E-state index contributed by atoms with van der Waals surface area (Å²) in [6, 6.07) is 19.0. The summed E-state index contributed by atoms with van der Waals surface area (Å²) in [6.07, 6.45) is 0.911. The van der Waals surface area contributed by atoms with E-state index in [2.05, 4.69) is 33.6 Å². The first kappa shape index (κ1) is 16.6. The van der Waals surface area contributed by atoms with Crippen LogP contribution >= 0.6 is 0 Å². The van der Waals surface area contributed by atoms with Crippen LogP contribution < -0.4 is 10.6 Å². The number of nitrogens with one attached hydrogen (secondary N) is 2. The van der Waals surface area contributed by atoms with Crippen LogP contribution in [0.2, 0.25) is 0 Å². The van der Waals surface area contributed by atoms with Crippen LogP contribution in [0.4, 0.5) is 17.2 Å². The lowest BCUT2D eigenvalue weighted by molar-refractivity contribution is 0.102. The number of rotatable bonds is 5. The molecule has 0 bridgehead atoms. The number of amides is 1. The Morgan fingerprint density at radius 1 is 1.00 bits per heavy atom. The van der Waals surface area contributed by atoms with Crippen molar-refractivity contribution in [2.75, 3.05) is 10.6 Å². The van der Waals surface area contributed by atoms with Gasteiger partial charge in [0.1, 0.15) is 17.3 Å². The number of benzene rings is 2. The van der Waals surface area contributed by atoms with Crippen LogP contribution in [0.3, 0.4) is 0 Å². The molecule has 0 saturated carbocycles. The number of nitrogens with zero attached hydrogens (tertiary/aromatic N) is 2. The number of anilines is 3. The van der Waals surface area contributed by atoms with Gasteiger partial charge in [0.15, 0.2) is 0 Å². The summed E-state index contributed by atoms with van der Waals surface area (Å²) in [6.45, 7) is 3.88. The highest BCUT2D eigenvalue weighted by molar-refractivity contribution is 6.03. The Morgan fingerprint density at radius 2 is 1.72 bits per heavy atom. The largest absolute Gasteiger partial charge is 0.340 e. The van der Waals surface area contributed by atoms with E-state index in [0.717, 1.165) is 17.8 Å². The van der Waals surface area contributed by atoms with E-state index in [4.69, 9.17) is 0 Å². The summed E-state index contributed by atoms with van der Waals surface area (Å²) < 4.78 is 0. The number of para-hydroxylation sites is 2. The third kappa shape index (κ3) is 4.20. The molecule has 3 rings (SSSR count). The molecule has 1 aromatic heterocycles. The van der Waals surface area contributed by atoms with Gasteiger partial charge in [-0.2, -0.15) is 0 Å². The Kier molecular flexibility index (Phi) is 5.04. The van der Waals surface area contributed by atoms with Gasteiger partial charge in [-0.05, 0) is 37.1 Å². The minimum absolute atomic E-state index is 0.261. The Hall–Kier alpha value is -3.21. The maximum Gasteiger partial charge on any atom is 0.274 e. The Balaban J connectivity index is 1.84. The average Bonchev–Trinajstić information content (AvgIpc) is 2.62. The monoisotopic (exact) mass is 332 g/mol. The van der Waals surface area contributed by atoms with Gasteiger partial charge in [-0.25, -0.2) is 9.97 Å². The van der Waals surface area contributed by atoms with E-state index in [0.29, 0.717) is 17.3 Å². The zero-order chi connectivity index (χ0) is 17.6. The van der Waals surface area contributed by atoms with Gasteiger partial charge in [0, 0.05) is 17.4 Å². The highest BCUT2D eigenvalue weighted by atomic mass is 16.1. The molecule has 0 fully saturated rings. The summed E-state index contributed by atoms with van der Waals surface area (Å²) in [4.78, 5) is 21.1. The number of aromatic nitrogens is 2. The third-order valence-electron chi connectivity index (χ3n) is 3.76. The Morgan fingerprint density at radius 3 is 2.48 bits per heavy atom. The maximum absolute atomic E-state index is 12.5. The highest BCUT2D eigenvalue weighted by Gasteiger charge is 2.11. The molecule has 2 aromatic carbocycles. The van der Waals surface area contributed by atoms with E-state index >= 15 is 0 Å². The predicted octanol–water partition coefficient (Wildman–Crippen LogP) is 4.34. The van der Waals surface area contributed by atoms with Gasteiger partial charge in [0.2, 0.25) is 0 Å². The van der Waals surface area contributed by atoms with Crippen molar-refractivity contribution < 1.29 is 4.79 Å². The molecule has 0 aliphatic heterocycles. The molecule has 0 aliphatic rings. The molecule has 1 amide bonds. The van der Waals surface area contributed by atoms with Crippen molar-refractivity contribution >= 4 is 23.1 Å². The smallest absolute Gasteiger partial charge is 0.274 e. The Bertz CT molecular complexity index is 878. The number of aryl methyl sites for hydroxylation is 2. The number of carbonyl (C=O) groups is 1. The van der Waals surface area contributed by atoms with Crippen LogP contribution in [0.1, 0.15) is 28.8 Å². The fourth-order valence-electron chi connectivity index (χ4n) is 2.55. The minimum Gasteiger partial charge on any atom is -0.340 e. The van der Waals surface area contributed by atoms with Gasteiger partial charge in [0.25, 0.3) is 5.91 Å². The van der Waals surface area contributed by atoms with Crippen molar-refractivity contribution in [3.05, 3.63) is 77.7 Å². The molecule has 0 atom stereocenters. The maximum atomic E-state index is 12.5. The fourth-order valence-corrected chi connectivity index (χ4v) is 2.55. The number of hydrogen-bond acceptors (Lipinski definition) is 4. The molecule has 0 spiro atoms. The molecular weight excluding hydrogens is 312 g/mol. The molecule has 5 nitrogen and oxygen atoms in total. The zero-order valence-electron chi connectivity index (χ0n) is 14.3. The molecule has 1 heterocycles. The van der Waals surface area contributed by atoms with Crippen LogP contribution in [-0.2, 0) is 6.42 Å². The van der Waals surface area contributed by atoms with E-state index in [-0.39, 0.29) is 5.91 Å². The first-order valence-electron chi connectivity index (χ1n) is 8.22. The molecule has 0 saturated heterocycles. The Labute approximate surface area is 147 Å². The summed E-state index contributed by atoms with van der Waals surface area (Å²) in [5.74, 6) is 0.882. The van der Waals surface area contributed by atoms with E-state index in [1.165, 1.54) is 5.56 Å². The lowest BCUT2D eigenvalue weighted by atomic mass is 10.1. The molecular formula is C20H20N4O. The SMILES string of the molecule is CCc1ccccc1Nc1cc(C(=O)Nc2ccccc2)nc(C)n1. The number of hydrogen-bond donors (Lipinski definition) is 2. The highest BCUT2D eigenvalue weighted by Crippen LogP contribution is 2.21. The van der Waals surface area contributed by atoms with Crippen molar-refractivity contribution in [1.29, 1.82) is 0 Å². The summed E-state index contributed by atoms with van der Waals surface area (Å²) >= 11 is 0. The number of carbonyl (C=O) groups excluding carboxylic acids is 1. The van der Waals surface area contributed by atoms with Crippen LogP contribution in [0.25, 0.3) is 0 Å².